The maximum absolute atomic E-state index is 13.7. The van der Waals surface area contributed by atoms with Crippen molar-refractivity contribution in [3.63, 3.8) is 0 Å². The first-order chi connectivity index (χ1) is 14.4. The predicted molar refractivity (Wildman–Crippen MR) is 119 cm³/mol. The summed E-state index contributed by atoms with van der Waals surface area (Å²) in [6.07, 6.45) is 12.6. The third-order valence-corrected chi connectivity index (χ3v) is 9.83. The second-order valence-electron chi connectivity index (χ2n) is 11.1. The highest BCUT2D eigenvalue weighted by molar-refractivity contribution is 5.91. The smallest absolute Gasteiger partial charge is 0.142 e. The first-order valence-electron chi connectivity index (χ1n) is 12.4. The molecule has 5 unspecified atom stereocenters. The zero-order valence-corrected chi connectivity index (χ0v) is 19.2. The highest BCUT2D eigenvalue weighted by Gasteiger charge is 2.64. The van der Waals surface area contributed by atoms with E-state index in [2.05, 4.69) is 25.2 Å². The Morgan fingerprint density at radius 3 is 2.60 bits per heavy atom. The molecule has 0 radical (unpaired) electrons. The number of Topliss-reactive ketones (excluding diaryl/α,β-unsaturated/α-hetero) is 2. The molecule has 0 aromatic rings. The normalized spacial score (nSPS) is 44.7. The highest BCUT2D eigenvalue weighted by Crippen LogP contribution is 2.66. The van der Waals surface area contributed by atoms with E-state index >= 15 is 0 Å². The lowest BCUT2D eigenvalue weighted by Gasteiger charge is -2.60. The number of carbonyl (C=O) groups excluding carboxylic acids is 2. The molecule has 168 valence electrons. The molecule has 0 aromatic heterocycles. The molecule has 4 heteroatoms. The van der Waals surface area contributed by atoms with Crippen molar-refractivity contribution in [3.8, 4) is 0 Å². The molecule has 4 aliphatic carbocycles. The van der Waals surface area contributed by atoms with Gasteiger partial charge in [-0.25, -0.2) is 0 Å². The van der Waals surface area contributed by atoms with Gasteiger partial charge in [0.05, 0.1) is 6.61 Å². The minimum Gasteiger partial charge on any atom is -0.396 e. The van der Waals surface area contributed by atoms with Crippen LogP contribution in [0.1, 0.15) is 78.1 Å². The van der Waals surface area contributed by atoms with Crippen LogP contribution in [0.2, 0.25) is 0 Å². The summed E-state index contributed by atoms with van der Waals surface area (Å²) < 4.78 is 0. The van der Waals surface area contributed by atoms with Crippen LogP contribution >= 0.6 is 0 Å². The van der Waals surface area contributed by atoms with Gasteiger partial charge in [-0.15, -0.1) is 0 Å². The van der Waals surface area contributed by atoms with E-state index < -0.39 is 0 Å². The number of aliphatic hydroxyl groups excluding tert-OH is 1. The van der Waals surface area contributed by atoms with Crippen molar-refractivity contribution < 1.29 is 14.7 Å². The second-order valence-corrected chi connectivity index (χ2v) is 11.1. The molecule has 0 amide bonds. The summed E-state index contributed by atoms with van der Waals surface area (Å²) >= 11 is 0. The van der Waals surface area contributed by atoms with E-state index in [4.69, 9.17) is 0 Å². The lowest BCUT2D eigenvalue weighted by Crippen LogP contribution is -2.60. The van der Waals surface area contributed by atoms with Crippen LogP contribution in [0.15, 0.2) is 11.6 Å². The van der Waals surface area contributed by atoms with Crippen molar-refractivity contribution in [2.24, 2.45) is 40.4 Å². The molecule has 0 bridgehead atoms. The van der Waals surface area contributed by atoms with Gasteiger partial charge in [-0.3, -0.25) is 9.59 Å². The second kappa shape index (κ2) is 8.50. The predicted octanol–water partition coefficient (Wildman–Crippen LogP) is 4.31. The van der Waals surface area contributed by atoms with Crippen LogP contribution < -0.4 is 5.32 Å². The molecule has 0 spiro atoms. The van der Waals surface area contributed by atoms with Gasteiger partial charge in [0, 0.05) is 23.7 Å². The quantitative estimate of drug-likeness (QED) is 0.501. The number of hydrogen-bond acceptors (Lipinski definition) is 4. The average Bonchev–Trinajstić information content (AvgIpc) is 3.04. The van der Waals surface area contributed by atoms with Crippen LogP contribution in [-0.2, 0) is 9.59 Å². The third-order valence-electron chi connectivity index (χ3n) is 9.83. The lowest BCUT2D eigenvalue weighted by molar-refractivity contribution is -0.167. The van der Waals surface area contributed by atoms with Gasteiger partial charge in [-0.2, -0.15) is 0 Å². The Bertz CT molecular complexity index is 715. The van der Waals surface area contributed by atoms with E-state index in [1.165, 1.54) is 18.4 Å². The van der Waals surface area contributed by atoms with Crippen molar-refractivity contribution in [2.75, 3.05) is 20.2 Å². The van der Waals surface area contributed by atoms with Gasteiger partial charge < -0.3 is 10.4 Å². The van der Waals surface area contributed by atoms with Crippen LogP contribution in [0.25, 0.3) is 0 Å². The van der Waals surface area contributed by atoms with E-state index in [9.17, 15) is 14.7 Å². The fourth-order valence-corrected chi connectivity index (χ4v) is 7.95. The van der Waals surface area contributed by atoms with Gasteiger partial charge in [0.15, 0.2) is 0 Å². The van der Waals surface area contributed by atoms with Gasteiger partial charge in [0.2, 0.25) is 0 Å². The van der Waals surface area contributed by atoms with Crippen molar-refractivity contribution in [2.45, 2.75) is 78.1 Å². The third kappa shape index (κ3) is 3.43. The molecule has 4 saturated carbocycles. The Balaban J connectivity index is 1.56. The van der Waals surface area contributed by atoms with Crippen molar-refractivity contribution in [1.82, 2.24) is 5.32 Å². The van der Waals surface area contributed by atoms with E-state index in [0.717, 1.165) is 51.5 Å². The fourth-order valence-electron chi connectivity index (χ4n) is 7.95. The number of nitrogens with one attached hydrogen (secondary N) is 1. The Hall–Kier alpha value is -1.00. The largest absolute Gasteiger partial charge is 0.396 e. The maximum atomic E-state index is 13.7. The van der Waals surface area contributed by atoms with Crippen LogP contribution in [0, 0.1) is 40.4 Å². The summed E-state index contributed by atoms with van der Waals surface area (Å²) in [4.78, 5) is 26.4. The number of hydrogen-bond donors (Lipinski definition) is 2. The standard InChI is InChI=1S/C26H41NO3/c1-25-12-10-17(7-5-4-6-14-27-3)15-21(25)18(16-28)24(30)23-19-8-9-22(29)26(19,2)13-11-20(23)25/h7,18-21,23,27-28H,4-6,8-16H2,1-3H3/b17-7+/t18?,19?,20?,21?,23?,25-,26+/m1/s1. The Labute approximate surface area is 182 Å². The first-order valence-corrected chi connectivity index (χ1v) is 12.4. The SMILES string of the molecule is CNCCCC/C=C1\CC[C@@]2(C)C(C1)C(CO)C(=O)C1C2CC[C@]2(C)C(=O)CCC12. The van der Waals surface area contributed by atoms with Crippen LogP contribution in [0.5, 0.6) is 0 Å². The minimum atomic E-state index is -0.299. The summed E-state index contributed by atoms with van der Waals surface area (Å²) in [5.41, 5.74) is 1.32. The molecule has 7 atom stereocenters. The zero-order valence-electron chi connectivity index (χ0n) is 19.2. The van der Waals surface area contributed by atoms with Gasteiger partial charge in [-0.05, 0) is 94.5 Å². The summed E-state index contributed by atoms with van der Waals surface area (Å²) in [6.45, 7) is 5.56. The molecule has 0 aromatic carbocycles. The van der Waals surface area contributed by atoms with E-state index in [0.29, 0.717) is 18.1 Å². The summed E-state index contributed by atoms with van der Waals surface area (Å²) in [5.74, 6) is 1.24. The van der Waals surface area contributed by atoms with Gasteiger partial charge in [0.1, 0.15) is 11.6 Å². The summed E-state index contributed by atoms with van der Waals surface area (Å²) in [6, 6.07) is 0. The number of unbranched alkanes of at least 4 members (excludes halogenated alkanes) is 2. The molecular weight excluding hydrogens is 374 g/mol. The minimum absolute atomic E-state index is 0.0133. The molecule has 4 aliphatic rings. The Morgan fingerprint density at radius 1 is 1.07 bits per heavy atom. The number of allylic oxidation sites excluding steroid dienone is 2. The fraction of sp³-hybridized carbons (Fsp3) is 0.846. The van der Waals surface area contributed by atoms with Gasteiger partial charge >= 0.3 is 0 Å². The van der Waals surface area contributed by atoms with Crippen molar-refractivity contribution >= 4 is 11.6 Å². The molecule has 4 rings (SSSR count). The summed E-state index contributed by atoms with van der Waals surface area (Å²) in [7, 11) is 2.00. The number of fused-ring (bicyclic) bond motifs is 5. The molecule has 0 aliphatic heterocycles. The van der Waals surface area contributed by atoms with Crippen LogP contribution in [-0.4, -0.2) is 36.9 Å². The van der Waals surface area contributed by atoms with Gasteiger partial charge in [0.25, 0.3) is 0 Å². The number of rotatable bonds is 6. The molecule has 4 nitrogen and oxygen atoms in total. The number of ketones is 2. The molecule has 2 N–H and O–H groups in total. The maximum Gasteiger partial charge on any atom is 0.142 e. The lowest BCUT2D eigenvalue weighted by atomic mass is 9.42. The molecular formula is C26H41NO3. The average molecular weight is 416 g/mol. The first kappa shape index (κ1) is 22.2. The van der Waals surface area contributed by atoms with Crippen molar-refractivity contribution in [1.29, 1.82) is 0 Å². The van der Waals surface area contributed by atoms with Gasteiger partial charge in [-0.1, -0.05) is 25.5 Å². The molecule has 0 heterocycles. The molecule has 0 saturated heterocycles. The molecule has 30 heavy (non-hydrogen) atoms. The number of carbonyl (C=O) groups is 2. The van der Waals surface area contributed by atoms with E-state index in [1.807, 2.05) is 7.05 Å². The number of aliphatic hydroxyl groups is 1. The van der Waals surface area contributed by atoms with E-state index in [1.54, 1.807) is 0 Å². The van der Waals surface area contributed by atoms with Crippen LogP contribution in [0.3, 0.4) is 0 Å². The zero-order chi connectivity index (χ0) is 21.5. The summed E-state index contributed by atoms with van der Waals surface area (Å²) in [5, 5.41) is 13.5. The Kier molecular flexibility index (Phi) is 6.29. The monoisotopic (exact) mass is 415 g/mol. The van der Waals surface area contributed by atoms with Crippen molar-refractivity contribution in [3.05, 3.63) is 11.6 Å². The van der Waals surface area contributed by atoms with E-state index in [-0.39, 0.29) is 46.9 Å². The highest BCUT2D eigenvalue weighted by atomic mass is 16.3. The van der Waals surface area contributed by atoms with Crippen LogP contribution in [0.4, 0.5) is 0 Å². The molecule has 4 fully saturated rings. The Morgan fingerprint density at radius 2 is 1.87 bits per heavy atom. The topological polar surface area (TPSA) is 66.4 Å².